The van der Waals surface area contributed by atoms with Gasteiger partial charge in [0.25, 0.3) is 0 Å². The first-order valence-corrected chi connectivity index (χ1v) is 6.38. The van der Waals surface area contributed by atoms with E-state index in [-0.39, 0.29) is 0 Å². The summed E-state index contributed by atoms with van der Waals surface area (Å²) in [4.78, 5) is 7.26. The Morgan fingerprint density at radius 2 is 1.88 bits per heavy atom. The second-order valence-electron chi connectivity index (χ2n) is 4.56. The Hall–Kier alpha value is -1.48. The summed E-state index contributed by atoms with van der Waals surface area (Å²) in [5.74, 6) is 0.788. The van der Waals surface area contributed by atoms with Gasteiger partial charge in [0, 0.05) is 0 Å². The predicted octanol–water partition coefficient (Wildman–Crippen LogP) is 4.07. The summed E-state index contributed by atoms with van der Waals surface area (Å²) in [7, 11) is 0. The number of hydrogen-bond donors (Lipinski definition) is 1. The first-order valence-electron chi connectivity index (χ1n) is 5.97. The monoisotopic (exact) mass is 242 g/mol. The molecule has 0 saturated heterocycles. The summed E-state index contributed by atoms with van der Waals surface area (Å²) >= 11 is 5.08. The van der Waals surface area contributed by atoms with Gasteiger partial charge in [-0.3, -0.25) is 4.98 Å². The summed E-state index contributed by atoms with van der Waals surface area (Å²) in [5, 5.41) is 0. The molecule has 1 aliphatic carbocycles. The predicted molar refractivity (Wildman–Crippen MR) is 71.4 cm³/mol. The van der Waals surface area contributed by atoms with Crippen LogP contribution in [0.1, 0.15) is 30.7 Å². The Morgan fingerprint density at radius 1 is 1.12 bits per heavy atom. The van der Waals surface area contributed by atoms with Crippen molar-refractivity contribution in [3.63, 3.8) is 0 Å². The van der Waals surface area contributed by atoms with Gasteiger partial charge in [0.15, 0.2) is 0 Å². The maximum atomic E-state index is 5.08. The van der Waals surface area contributed by atoms with Crippen LogP contribution in [0, 0.1) is 4.64 Å². The molecule has 3 heteroatoms. The molecule has 1 aromatic carbocycles. The van der Waals surface area contributed by atoms with Gasteiger partial charge in [0.2, 0.25) is 0 Å². The molecule has 1 fully saturated rings. The summed E-state index contributed by atoms with van der Waals surface area (Å²) in [6.07, 6.45) is 7.53. The number of aromatic nitrogens is 2. The van der Waals surface area contributed by atoms with Crippen LogP contribution >= 0.6 is 12.2 Å². The number of rotatable bonds is 2. The van der Waals surface area contributed by atoms with E-state index < -0.39 is 0 Å². The van der Waals surface area contributed by atoms with Crippen molar-refractivity contribution >= 4 is 12.2 Å². The van der Waals surface area contributed by atoms with Crippen molar-refractivity contribution in [3.05, 3.63) is 46.9 Å². The second kappa shape index (κ2) is 4.41. The summed E-state index contributed by atoms with van der Waals surface area (Å²) in [5.41, 5.74) is 3.59. The van der Waals surface area contributed by atoms with Crippen LogP contribution < -0.4 is 0 Å². The lowest BCUT2D eigenvalue weighted by Gasteiger charge is -2.25. The van der Waals surface area contributed by atoms with Gasteiger partial charge in [-0.15, -0.1) is 0 Å². The molecule has 0 spiro atoms. The molecular formula is C14H14N2S. The molecule has 1 aliphatic rings. The van der Waals surface area contributed by atoms with E-state index in [1.54, 1.807) is 6.20 Å². The zero-order valence-corrected chi connectivity index (χ0v) is 10.3. The van der Waals surface area contributed by atoms with E-state index in [1.807, 2.05) is 6.20 Å². The minimum Gasteiger partial charge on any atom is -0.344 e. The molecule has 0 atom stereocenters. The summed E-state index contributed by atoms with van der Waals surface area (Å²) in [6.45, 7) is 0. The van der Waals surface area contributed by atoms with Crippen molar-refractivity contribution in [3.8, 4) is 11.3 Å². The highest BCUT2D eigenvalue weighted by Gasteiger charge is 2.18. The molecule has 2 nitrogen and oxygen atoms in total. The lowest BCUT2D eigenvalue weighted by Crippen LogP contribution is -2.08. The zero-order valence-electron chi connectivity index (χ0n) is 9.52. The highest BCUT2D eigenvalue weighted by Crippen LogP contribution is 2.36. The molecule has 0 unspecified atom stereocenters. The van der Waals surface area contributed by atoms with Gasteiger partial charge in [-0.1, -0.05) is 42.9 Å². The van der Waals surface area contributed by atoms with Crippen LogP contribution in [0.5, 0.6) is 0 Å². The largest absolute Gasteiger partial charge is 0.344 e. The third kappa shape index (κ3) is 2.15. The molecule has 1 saturated carbocycles. The fourth-order valence-electron chi connectivity index (χ4n) is 2.20. The van der Waals surface area contributed by atoms with E-state index >= 15 is 0 Å². The van der Waals surface area contributed by atoms with Gasteiger partial charge in [-0.25, -0.2) is 0 Å². The molecule has 1 N–H and O–H groups in total. The van der Waals surface area contributed by atoms with E-state index in [9.17, 15) is 0 Å². The Balaban J connectivity index is 1.91. The maximum absolute atomic E-state index is 5.08. The summed E-state index contributed by atoms with van der Waals surface area (Å²) < 4.78 is 0.672. The molecule has 3 rings (SSSR count). The lowest BCUT2D eigenvalue weighted by atomic mass is 9.80. The minimum atomic E-state index is 0.672. The highest BCUT2D eigenvalue weighted by atomic mass is 32.1. The van der Waals surface area contributed by atoms with Gasteiger partial charge in [0.05, 0.1) is 18.1 Å². The van der Waals surface area contributed by atoms with Gasteiger partial charge >= 0.3 is 0 Å². The van der Waals surface area contributed by atoms with Crippen LogP contribution in [0.4, 0.5) is 0 Å². The van der Waals surface area contributed by atoms with Crippen LogP contribution in [0.2, 0.25) is 0 Å². The fourth-order valence-corrected chi connectivity index (χ4v) is 2.37. The highest BCUT2D eigenvalue weighted by molar-refractivity contribution is 7.71. The van der Waals surface area contributed by atoms with Crippen molar-refractivity contribution in [1.29, 1.82) is 0 Å². The van der Waals surface area contributed by atoms with Crippen molar-refractivity contribution in [1.82, 2.24) is 9.97 Å². The third-order valence-corrected chi connectivity index (χ3v) is 3.66. The van der Waals surface area contributed by atoms with Crippen LogP contribution in [-0.4, -0.2) is 9.97 Å². The average Bonchev–Trinajstić information content (AvgIpc) is 2.28. The van der Waals surface area contributed by atoms with Gasteiger partial charge in [-0.2, -0.15) is 0 Å². The summed E-state index contributed by atoms with van der Waals surface area (Å²) in [6, 6.07) is 8.75. The van der Waals surface area contributed by atoms with Crippen LogP contribution in [0.15, 0.2) is 36.7 Å². The first kappa shape index (κ1) is 10.7. The second-order valence-corrected chi connectivity index (χ2v) is 5.00. The number of benzene rings is 1. The Bertz CT molecular complexity index is 567. The fraction of sp³-hybridized carbons (Fsp3) is 0.286. The van der Waals surface area contributed by atoms with Crippen molar-refractivity contribution in [2.75, 3.05) is 0 Å². The molecule has 0 radical (unpaired) electrons. The number of aromatic amines is 1. The molecule has 86 valence electrons. The Morgan fingerprint density at radius 3 is 2.47 bits per heavy atom. The van der Waals surface area contributed by atoms with E-state index in [0.717, 1.165) is 17.2 Å². The standard InChI is InChI=1S/C14H14N2S/c17-14-9-15-8-13(16-14)12-6-4-11(5-7-12)10-2-1-3-10/h4-10H,1-3H2,(H,16,17). The Kier molecular flexibility index (Phi) is 2.77. The average molecular weight is 242 g/mol. The van der Waals surface area contributed by atoms with E-state index in [4.69, 9.17) is 12.2 Å². The molecule has 0 bridgehead atoms. The molecule has 0 aliphatic heterocycles. The maximum Gasteiger partial charge on any atom is 0.122 e. The number of nitrogens with one attached hydrogen (secondary N) is 1. The molecule has 2 aromatic rings. The number of hydrogen-bond acceptors (Lipinski definition) is 2. The quantitative estimate of drug-likeness (QED) is 0.804. The number of H-pyrrole nitrogens is 1. The van der Waals surface area contributed by atoms with E-state index in [0.29, 0.717) is 4.64 Å². The first-order chi connectivity index (χ1) is 8.33. The topological polar surface area (TPSA) is 28.7 Å². The molecule has 1 aromatic heterocycles. The molecule has 17 heavy (non-hydrogen) atoms. The minimum absolute atomic E-state index is 0.672. The zero-order chi connectivity index (χ0) is 11.7. The smallest absolute Gasteiger partial charge is 0.122 e. The molecular weight excluding hydrogens is 228 g/mol. The SMILES string of the molecule is S=c1cncc(-c2ccc(C3CCC3)cc2)[nH]1. The van der Waals surface area contributed by atoms with Gasteiger partial charge in [-0.05, 0) is 29.9 Å². The van der Waals surface area contributed by atoms with Gasteiger partial charge in [0.1, 0.15) is 4.64 Å². The number of nitrogens with zero attached hydrogens (tertiary/aromatic N) is 1. The third-order valence-electron chi connectivity index (χ3n) is 3.45. The normalized spacial score (nSPS) is 15.5. The van der Waals surface area contributed by atoms with Gasteiger partial charge < -0.3 is 4.98 Å². The van der Waals surface area contributed by atoms with E-state index in [1.165, 1.54) is 24.8 Å². The molecule has 1 heterocycles. The van der Waals surface area contributed by atoms with Crippen LogP contribution in [0.25, 0.3) is 11.3 Å². The lowest BCUT2D eigenvalue weighted by molar-refractivity contribution is 0.420. The van der Waals surface area contributed by atoms with Crippen LogP contribution in [-0.2, 0) is 0 Å². The van der Waals surface area contributed by atoms with Crippen molar-refractivity contribution < 1.29 is 0 Å². The van der Waals surface area contributed by atoms with Crippen LogP contribution in [0.3, 0.4) is 0 Å². The van der Waals surface area contributed by atoms with E-state index in [2.05, 4.69) is 34.2 Å². The molecule has 0 amide bonds. The Labute approximate surface area is 106 Å². The van der Waals surface area contributed by atoms with Crippen molar-refractivity contribution in [2.24, 2.45) is 0 Å². The van der Waals surface area contributed by atoms with Crippen molar-refractivity contribution in [2.45, 2.75) is 25.2 Å².